The van der Waals surface area contributed by atoms with E-state index >= 15 is 0 Å². The molecule has 2 aromatic rings. The van der Waals surface area contributed by atoms with E-state index in [1.807, 2.05) is 45.0 Å². The molecule has 3 heteroatoms. The number of benzene rings is 2. The van der Waals surface area contributed by atoms with Gasteiger partial charge in [0.25, 0.3) is 0 Å². The van der Waals surface area contributed by atoms with Crippen molar-refractivity contribution < 1.29 is 14.3 Å². The summed E-state index contributed by atoms with van der Waals surface area (Å²) in [4.78, 5) is 12.5. The Morgan fingerprint density at radius 1 is 1.05 bits per heavy atom. The molecule has 0 aliphatic rings. The minimum Gasteiger partial charge on any atom is -0.496 e. The topological polar surface area (TPSA) is 35.5 Å². The number of carbonyl (C=O) groups excluding carboxylic acids is 1. The number of ether oxygens (including phenoxy) is 2. The number of ketones is 1. The van der Waals surface area contributed by atoms with Crippen molar-refractivity contribution in [1.29, 1.82) is 0 Å². The molecule has 0 unspecified atom stereocenters. The maximum Gasteiger partial charge on any atom is 0.193 e. The minimum absolute atomic E-state index is 0.0186. The third kappa shape index (κ3) is 3.63. The van der Waals surface area contributed by atoms with Crippen LogP contribution in [0.5, 0.6) is 11.5 Å². The molecule has 0 aliphatic carbocycles. The first-order chi connectivity index (χ1) is 10.0. The zero-order valence-electron chi connectivity index (χ0n) is 12.8. The average Bonchev–Trinajstić information content (AvgIpc) is 2.46. The van der Waals surface area contributed by atoms with Crippen molar-refractivity contribution in [2.24, 2.45) is 0 Å². The van der Waals surface area contributed by atoms with Gasteiger partial charge in [-0.05, 0) is 56.7 Å². The number of aryl methyl sites for hydroxylation is 1. The molecule has 0 heterocycles. The highest BCUT2D eigenvalue weighted by Crippen LogP contribution is 2.22. The lowest BCUT2D eigenvalue weighted by atomic mass is 10.0. The summed E-state index contributed by atoms with van der Waals surface area (Å²) in [5.74, 6) is 1.47. The van der Waals surface area contributed by atoms with Crippen molar-refractivity contribution in [3.05, 3.63) is 59.2 Å². The minimum atomic E-state index is -0.0186. The molecule has 0 amide bonds. The quantitative estimate of drug-likeness (QED) is 0.778. The normalized spacial score (nSPS) is 10.5. The summed E-state index contributed by atoms with van der Waals surface area (Å²) in [5, 5.41) is 0. The molecule has 0 radical (unpaired) electrons. The van der Waals surface area contributed by atoms with Crippen LogP contribution in [0.25, 0.3) is 0 Å². The molecular formula is C18H20O3. The van der Waals surface area contributed by atoms with E-state index in [2.05, 4.69) is 0 Å². The summed E-state index contributed by atoms with van der Waals surface area (Å²) in [7, 11) is 1.62. The van der Waals surface area contributed by atoms with Crippen molar-refractivity contribution in [2.75, 3.05) is 7.11 Å². The molecule has 2 aromatic carbocycles. The van der Waals surface area contributed by atoms with Gasteiger partial charge in [-0.15, -0.1) is 0 Å². The van der Waals surface area contributed by atoms with Crippen LogP contribution < -0.4 is 9.47 Å². The first-order valence-electron chi connectivity index (χ1n) is 6.97. The summed E-state index contributed by atoms with van der Waals surface area (Å²) in [6.45, 7) is 5.84. The highest BCUT2D eigenvalue weighted by molar-refractivity contribution is 6.09. The van der Waals surface area contributed by atoms with E-state index in [0.717, 1.165) is 11.3 Å². The van der Waals surface area contributed by atoms with Crippen molar-refractivity contribution in [3.63, 3.8) is 0 Å². The third-order valence-electron chi connectivity index (χ3n) is 3.13. The maximum absolute atomic E-state index is 12.5. The lowest BCUT2D eigenvalue weighted by Gasteiger charge is -2.11. The van der Waals surface area contributed by atoms with E-state index in [-0.39, 0.29) is 11.9 Å². The first kappa shape index (κ1) is 15.1. The Hall–Kier alpha value is -2.29. The second-order valence-electron chi connectivity index (χ2n) is 5.21. The lowest BCUT2D eigenvalue weighted by molar-refractivity contribution is 0.103. The van der Waals surface area contributed by atoms with Gasteiger partial charge in [0.1, 0.15) is 11.5 Å². The van der Waals surface area contributed by atoms with Gasteiger partial charge in [0.15, 0.2) is 5.78 Å². The standard InChI is InChI=1S/C18H20O3/c1-12(2)21-16-7-5-6-14(11-16)18(19)15-8-9-17(20-4)13(3)10-15/h5-12H,1-4H3. The summed E-state index contributed by atoms with van der Waals surface area (Å²) in [6.07, 6.45) is 0.0820. The van der Waals surface area contributed by atoms with Crippen LogP contribution in [-0.2, 0) is 0 Å². The summed E-state index contributed by atoms with van der Waals surface area (Å²) in [5.41, 5.74) is 2.21. The Morgan fingerprint density at radius 2 is 1.76 bits per heavy atom. The van der Waals surface area contributed by atoms with Crippen LogP contribution in [0.15, 0.2) is 42.5 Å². The fourth-order valence-corrected chi connectivity index (χ4v) is 2.17. The summed E-state index contributed by atoms with van der Waals surface area (Å²) < 4.78 is 10.8. The Bertz CT molecular complexity index is 645. The number of methoxy groups -OCH3 is 1. The molecule has 0 fully saturated rings. The Balaban J connectivity index is 2.29. The van der Waals surface area contributed by atoms with Crippen LogP contribution in [0, 0.1) is 6.92 Å². The van der Waals surface area contributed by atoms with Crippen LogP contribution in [0.2, 0.25) is 0 Å². The van der Waals surface area contributed by atoms with Gasteiger partial charge in [-0.25, -0.2) is 0 Å². The molecule has 0 aromatic heterocycles. The van der Waals surface area contributed by atoms with Crippen molar-refractivity contribution in [2.45, 2.75) is 26.9 Å². The molecule has 0 saturated carbocycles. The summed E-state index contributed by atoms with van der Waals surface area (Å²) in [6, 6.07) is 12.7. The van der Waals surface area contributed by atoms with Crippen LogP contribution in [0.1, 0.15) is 35.3 Å². The molecule has 110 valence electrons. The van der Waals surface area contributed by atoms with Gasteiger partial charge in [-0.1, -0.05) is 12.1 Å². The van der Waals surface area contributed by atoms with Gasteiger partial charge in [-0.2, -0.15) is 0 Å². The zero-order chi connectivity index (χ0) is 15.4. The van der Waals surface area contributed by atoms with E-state index in [1.165, 1.54) is 0 Å². The average molecular weight is 284 g/mol. The fourth-order valence-electron chi connectivity index (χ4n) is 2.17. The van der Waals surface area contributed by atoms with Crippen LogP contribution in [0.4, 0.5) is 0 Å². The monoisotopic (exact) mass is 284 g/mol. The van der Waals surface area contributed by atoms with Gasteiger partial charge < -0.3 is 9.47 Å². The lowest BCUT2D eigenvalue weighted by Crippen LogP contribution is -2.07. The van der Waals surface area contributed by atoms with Crippen molar-refractivity contribution >= 4 is 5.78 Å². The Labute approximate surface area is 125 Å². The van der Waals surface area contributed by atoms with E-state index in [1.54, 1.807) is 25.3 Å². The number of carbonyl (C=O) groups is 1. The fraction of sp³-hybridized carbons (Fsp3) is 0.278. The second kappa shape index (κ2) is 6.44. The predicted octanol–water partition coefficient (Wildman–Crippen LogP) is 4.02. The van der Waals surface area contributed by atoms with Gasteiger partial charge in [-0.3, -0.25) is 4.79 Å². The Kier molecular flexibility index (Phi) is 4.63. The molecule has 0 atom stereocenters. The van der Waals surface area contributed by atoms with Gasteiger partial charge in [0, 0.05) is 11.1 Å². The van der Waals surface area contributed by atoms with Crippen molar-refractivity contribution in [1.82, 2.24) is 0 Å². The molecule has 2 rings (SSSR count). The highest BCUT2D eigenvalue weighted by Gasteiger charge is 2.12. The predicted molar refractivity (Wildman–Crippen MR) is 83.4 cm³/mol. The number of hydrogen-bond acceptors (Lipinski definition) is 3. The third-order valence-corrected chi connectivity index (χ3v) is 3.13. The zero-order valence-corrected chi connectivity index (χ0v) is 12.8. The maximum atomic E-state index is 12.5. The number of rotatable bonds is 5. The van der Waals surface area contributed by atoms with E-state index in [4.69, 9.17) is 9.47 Å². The molecule has 0 saturated heterocycles. The van der Waals surface area contributed by atoms with Crippen LogP contribution >= 0.6 is 0 Å². The van der Waals surface area contributed by atoms with Crippen LogP contribution in [-0.4, -0.2) is 19.0 Å². The van der Waals surface area contributed by atoms with E-state index in [0.29, 0.717) is 16.9 Å². The largest absolute Gasteiger partial charge is 0.496 e. The van der Waals surface area contributed by atoms with E-state index < -0.39 is 0 Å². The molecule has 0 spiro atoms. The molecule has 21 heavy (non-hydrogen) atoms. The van der Waals surface area contributed by atoms with Gasteiger partial charge >= 0.3 is 0 Å². The molecular weight excluding hydrogens is 264 g/mol. The Morgan fingerprint density at radius 3 is 2.38 bits per heavy atom. The van der Waals surface area contributed by atoms with Crippen molar-refractivity contribution in [3.8, 4) is 11.5 Å². The SMILES string of the molecule is COc1ccc(C(=O)c2cccc(OC(C)C)c2)cc1C. The number of hydrogen-bond donors (Lipinski definition) is 0. The van der Waals surface area contributed by atoms with Crippen LogP contribution in [0.3, 0.4) is 0 Å². The molecule has 0 bridgehead atoms. The smallest absolute Gasteiger partial charge is 0.193 e. The molecule has 0 aliphatic heterocycles. The highest BCUT2D eigenvalue weighted by atomic mass is 16.5. The second-order valence-corrected chi connectivity index (χ2v) is 5.21. The first-order valence-corrected chi connectivity index (χ1v) is 6.97. The molecule has 0 N–H and O–H groups in total. The van der Waals surface area contributed by atoms with Gasteiger partial charge in [0.2, 0.25) is 0 Å². The van der Waals surface area contributed by atoms with E-state index in [9.17, 15) is 4.79 Å². The molecule has 3 nitrogen and oxygen atoms in total. The van der Waals surface area contributed by atoms with Gasteiger partial charge in [0.05, 0.1) is 13.2 Å². The summed E-state index contributed by atoms with van der Waals surface area (Å²) >= 11 is 0.